The fourth-order valence-corrected chi connectivity index (χ4v) is 0.977. The van der Waals surface area contributed by atoms with Crippen molar-refractivity contribution in [3.8, 4) is 0 Å². The summed E-state index contributed by atoms with van der Waals surface area (Å²) in [6.45, 7) is 1.67. The van der Waals surface area contributed by atoms with Crippen molar-refractivity contribution < 1.29 is 4.39 Å². The summed E-state index contributed by atoms with van der Waals surface area (Å²) in [5.41, 5.74) is 12.0. The summed E-state index contributed by atoms with van der Waals surface area (Å²) in [7, 11) is 0. The minimum Gasteiger partial charge on any atom is -0.398 e. The SMILES string of the molecule is Cc1cc(F)cc(C(=N)N)c1N. The highest BCUT2D eigenvalue weighted by Gasteiger charge is 2.06. The first-order chi connectivity index (χ1) is 5.52. The molecule has 0 amide bonds. The van der Waals surface area contributed by atoms with Gasteiger partial charge in [0.05, 0.1) is 0 Å². The molecule has 3 nitrogen and oxygen atoms in total. The standard InChI is InChI=1S/C8H10FN3/c1-4-2-5(9)3-6(7(4)10)8(11)12/h2-3H,10H2,1H3,(H3,11,12). The van der Waals surface area contributed by atoms with Crippen molar-refractivity contribution in [3.63, 3.8) is 0 Å². The lowest BCUT2D eigenvalue weighted by molar-refractivity contribution is 0.626. The fraction of sp³-hybridized carbons (Fsp3) is 0.125. The van der Waals surface area contributed by atoms with Gasteiger partial charge in [-0.25, -0.2) is 4.39 Å². The molecule has 0 fully saturated rings. The van der Waals surface area contributed by atoms with Crippen LogP contribution in [-0.4, -0.2) is 5.84 Å². The molecule has 0 aliphatic carbocycles. The van der Waals surface area contributed by atoms with E-state index in [1.807, 2.05) is 0 Å². The minimum absolute atomic E-state index is 0.213. The van der Waals surface area contributed by atoms with Crippen LogP contribution in [0.3, 0.4) is 0 Å². The molecule has 1 rings (SSSR count). The molecule has 0 aromatic heterocycles. The van der Waals surface area contributed by atoms with Crippen LogP contribution in [0.5, 0.6) is 0 Å². The zero-order valence-corrected chi connectivity index (χ0v) is 6.69. The molecule has 1 aromatic carbocycles. The van der Waals surface area contributed by atoms with Crippen LogP contribution in [0, 0.1) is 18.2 Å². The Morgan fingerprint density at radius 3 is 2.58 bits per heavy atom. The number of nitrogen functional groups attached to an aromatic ring is 2. The van der Waals surface area contributed by atoms with Gasteiger partial charge in [-0.1, -0.05) is 0 Å². The van der Waals surface area contributed by atoms with Crippen LogP contribution >= 0.6 is 0 Å². The van der Waals surface area contributed by atoms with Crippen molar-refractivity contribution in [2.24, 2.45) is 5.73 Å². The van der Waals surface area contributed by atoms with Gasteiger partial charge in [0.25, 0.3) is 0 Å². The zero-order valence-electron chi connectivity index (χ0n) is 6.69. The van der Waals surface area contributed by atoms with Gasteiger partial charge in [0.15, 0.2) is 0 Å². The summed E-state index contributed by atoms with van der Waals surface area (Å²) >= 11 is 0. The monoisotopic (exact) mass is 167 g/mol. The Bertz CT molecular complexity index is 333. The van der Waals surface area contributed by atoms with Gasteiger partial charge in [-0.3, -0.25) is 5.41 Å². The van der Waals surface area contributed by atoms with E-state index in [0.717, 1.165) is 6.07 Å². The number of hydrogen-bond donors (Lipinski definition) is 3. The Morgan fingerprint density at radius 2 is 2.08 bits per heavy atom. The van der Waals surface area contributed by atoms with Crippen molar-refractivity contribution in [1.82, 2.24) is 0 Å². The Labute approximate surface area is 69.7 Å². The van der Waals surface area contributed by atoms with E-state index in [2.05, 4.69) is 0 Å². The van der Waals surface area contributed by atoms with E-state index in [1.54, 1.807) is 6.92 Å². The van der Waals surface area contributed by atoms with Crippen LogP contribution in [-0.2, 0) is 0 Å². The summed E-state index contributed by atoms with van der Waals surface area (Å²) in [5, 5.41) is 7.10. The van der Waals surface area contributed by atoms with E-state index in [1.165, 1.54) is 6.07 Å². The lowest BCUT2D eigenvalue weighted by Gasteiger charge is -2.06. The predicted molar refractivity (Wildman–Crippen MR) is 46.6 cm³/mol. The predicted octanol–water partition coefficient (Wildman–Crippen LogP) is 1.00. The van der Waals surface area contributed by atoms with E-state index < -0.39 is 5.82 Å². The number of benzene rings is 1. The molecule has 0 aliphatic heterocycles. The third-order valence-corrected chi connectivity index (χ3v) is 1.64. The summed E-state index contributed by atoms with van der Waals surface area (Å²) in [6.07, 6.45) is 0. The Balaban J connectivity index is 3.37. The highest BCUT2D eigenvalue weighted by molar-refractivity contribution is 6.00. The van der Waals surface area contributed by atoms with Gasteiger partial charge in [0, 0.05) is 11.3 Å². The zero-order chi connectivity index (χ0) is 9.30. The largest absolute Gasteiger partial charge is 0.398 e. The topological polar surface area (TPSA) is 75.9 Å². The molecule has 1 aromatic rings. The van der Waals surface area contributed by atoms with Crippen LogP contribution in [0.4, 0.5) is 10.1 Å². The third-order valence-electron chi connectivity index (χ3n) is 1.64. The second-order valence-electron chi connectivity index (χ2n) is 2.60. The highest BCUT2D eigenvalue weighted by atomic mass is 19.1. The van der Waals surface area contributed by atoms with Crippen LogP contribution in [0.25, 0.3) is 0 Å². The van der Waals surface area contributed by atoms with E-state index >= 15 is 0 Å². The molecule has 64 valence electrons. The van der Waals surface area contributed by atoms with Crippen LogP contribution in [0.2, 0.25) is 0 Å². The minimum atomic E-state index is -0.424. The van der Waals surface area contributed by atoms with Gasteiger partial charge in [-0.15, -0.1) is 0 Å². The maximum atomic E-state index is 12.8. The number of nitrogens with two attached hydrogens (primary N) is 2. The van der Waals surface area contributed by atoms with Crippen molar-refractivity contribution in [2.75, 3.05) is 5.73 Å². The molecule has 0 unspecified atom stereocenters. The number of anilines is 1. The van der Waals surface area contributed by atoms with Crippen molar-refractivity contribution in [2.45, 2.75) is 6.92 Å². The van der Waals surface area contributed by atoms with Crippen LogP contribution in [0.1, 0.15) is 11.1 Å². The second-order valence-corrected chi connectivity index (χ2v) is 2.60. The average molecular weight is 167 g/mol. The first kappa shape index (κ1) is 8.52. The molecule has 4 heteroatoms. The number of halogens is 1. The molecule has 0 aliphatic rings. The number of aryl methyl sites for hydroxylation is 1. The first-order valence-electron chi connectivity index (χ1n) is 3.42. The molecular formula is C8H10FN3. The van der Waals surface area contributed by atoms with Crippen molar-refractivity contribution in [1.29, 1.82) is 5.41 Å². The number of nitrogens with one attached hydrogen (secondary N) is 1. The van der Waals surface area contributed by atoms with Gasteiger partial charge >= 0.3 is 0 Å². The van der Waals surface area contributed by atoms with E-state index in [4.69, 9.17) is 16.9 Å². The molecular weight excluding hydrogens is 157 g/mol. The van der Waals surface area contributed by atoms with Gasteiger partial charge < -0.3 is 11.5 Å². The van der Waals surface area contributed by atoms with E-state index in [9.17, 15) is 4.39 Å². The molecule has 0 heterocycles. The summed E-state index contributed by atoms with van der Waals surface area (Å²) in [4.78, 5) is 0. The highest BCUT2D eigenvalue weighted by Crippen LogP contribution is 2.17. The van der Waals surface area contributed by atoms with E-state index in [-0.39, 0.29) is 11.4 Å². The van der Waals surface area contributed by atoms with Gasteiger partial charge in [0.1, 0.15) is 11.7 Å². The number of amidine groups is 1. The molecule has 0 atom stereocenters. The van der Waals surface area contributed by atoms with Crippen LogP contribution in [0.15, 0.2) is 12.1 Å². The maximum absolute atomic E-state index is 12.8. The van der Waals surface area contributed by atoms with Gasteiger partial charge in [-0.2, -0.15) is 0 Å². The van der Waals surface area contributed by atoms with E-state index in [0.29, 0.717) is 11.3 Å². The fourth-order valence-electron chi connectivity index (χ4n) is 0.977. The quantitative estimate of drug-likeness (QED) is 0.331. The molecule has 0 spiro atoms. The van der Waals surface area contributed by atoms with Gasteiger partial charge in [0.2, 0.25) is 0 Å². The second kappa shape index (κ2) is 2.81. The van der Waals surface area contributed by atoms with Gasteiger partial charge in [-0.05, 0) is 24.6 Å². The first-order valence-corrected chi connectivity index (χ1v) is 3.42. The number of rotatable bonds is 1. The lowest BCUT2D eigenvalue weighted by atomic mass is 10.1. The summed E-state index contributed by atoms with van der Waals surface area (Å²) in [6, 6.07) is 2.46. The molecule has 0 bridgehead atoms. The lowest BCUT2D eigenvalue weighted by Crippen LogP contribution is -2.14. The number of hydrogen-bond acceptors (Lipinski definition) is 2. The molecule has 0 radical (unpaired) electrons. The average Bonchev–Trinajstić information content (AvgIpc) is 1.96. The Kier molecular flexibility index (Phi) is 1.99. The summed E-state index contributed by atoms with van der Waals surface area (Å²) in [5.74, 6) is -0.637. The summed E-state index contributed by atoms with van der Waals surface area (Å²) < 4.78 is 12.8. The van der Waals surface area contributed by atoms with Crippen LogP contribution < -0.4 is 11.5 Å². The third kappa shape index (κ3) is 1.37. The molecule has 5 N–H and O–H groups in total. The molecule has 0 saturated heterocycles. The van der Waals surface area contributed by atoms with Crippen molar-refractivity contribution >= 4 is 11.5 Å². The van der Waals surface area contributed by atoms with Crippen molar-refractivity contribution in [3.05, 3.63) is 29.1 Å². The molecule has 12 heavy (non-hydrogen) atoms. The maximum Gasteiger partial charge on any atom is 0.124 e. The Hall–Kier alpha value is -1.58. The Morgan fingerprint density at radius 1 is 1.50 bits per heavy atom. The smallest absolute Gasteiger partial charge is 0.124 e. The molecule has 0 saturated carbocycles. The normalized spacial score (nSPS) is 9.83.